The number of alkyl halides is 1. The molecule has 2 aromatic carbocycles. The number of hydrogen-bond acceptors (Lipinski definition) is 4. The molecule has 0 fully saturated rings. The van der Waals surface area contributed by atoms with Crippen LogP contribution in [0.5, 0.6) is 11.5 Å². The highest BCUT2D eigenvalue weighted by molar-refractivity contribution is 6.18. The summed E-state index contributed by atoms with van der Waals surface area (Å²) in [5.41, 5.74) is 2.67. The number of esters is 1. The van der Waals surface area contributed by atoms with E-state index in [1.807, 2.05) is 36.4 Å². The molecule has 22 heavy (non-hydrogen) atoms. The van der Waals surface area contributed by atoms with Crippen molar-refractivity contribution in [2.24, 2.45) is 0 Å². The van der Waals surface area contributed by atoms with Gasteiger partial charge >= 0.3 is 5.97 Å². The predicted octanol–water partition coefficient (Wildman–Crippen LogP) is 3.90. The van der Waals surface area contributed by atoms with Gasteiger partial charge in [-0.25, -0.2) is 4.79 Å². The van der Waals surface area contributed by atoms with E-state index >= 15 is 0 Å². The lowest BCUT2D eigenvalue weighted by atomic mass is 9.97. The van der Waals surface area contributed by atoms with Gasteiger partial charge in [-0.1, -0.05) is 30.3 Å². The highest BCUT2D eigenvalue weighted by atomic mass is 35.5. The first-order valence-corrected chi connectivity index (χ1v) is 7.18. The van der Waals surface area contributed by atoms with E-state index in [2.05, 4.69) is 0 Å². The lowest BCUT2D eigenvalue weighted by Crippen LogP contribution is -2.09. The molecule has 0 atom stereocenters. The summed E-state index contributed by atoms with van der Waals surface area (Å²) >= 11 is 6.01. The minimum atomic E-state index is -0.509. The molecule has 2 aromatic rings. The Hall–Kier alpha value is -2.20. The second-order valence-electron chi connectivity index (χ2n) is 4.52. The molecule has 2 rings (SSSR count). The molecule has 0 N–H and O–H groups in total. The van der Waals surface area contributed by atoms with Gasteiger partial charge in [0.1, 0.15) is 5.56 Å². The number of hydrogen-bond donors (Lipinski definition) is 0. The third-order valence-corrected chi connectivity index (χ3v) is 3.63. The Morgan fingerprint density at radius 2 is 1.68 bits per heavy atom. The lowest BCUT2D eigenvalue weighted by Gasteiger charge is -2.18. The Kier molecular flexibility index (Phi) is 5.28. The Morgan fingerprint density at radius 1 is 1.05 bits per heavy atom. The van der Waals surface area contributed by atoms with Crippen LogP contribution in [0.1, 0.15) is 15.9 Å². The minimum Gasteiger partial charge on any atom is -0.492 e. The van der Waals surface area contributed by atoms with E-state index in [0.717, 1.165) is 11.1 Å². The number of rotatable bonds is 5. The number of methoxy groups -OCH3 is 3. The zero-order chi connectivity index (χ0) is 16.1. The summed E-state index contributed by atoms with van der Waals surface area (Å²) in [7, 11) is 4.33. The monoisotopic (exact) mass is 320 g/mol. The number of carbonyl (C=O) groups is 1. The van der Waals surface area contributed by atoms with Crippen LogP contribution in [-0.4, -0.2) is 27.3 Å². The van der Waals surface area contributed by atoms with Crippen LogP contribution >= 0.6 is 11.6 Å². The van der Waals surface area contributed by atoms with E-state index in [9.17, 15) is 4.79 Å². The van der Waals surface area contributed by atoms with Crippen LogP contribution in [0, 0.1) is 0 Å². The summed E-state index contributed by atoms with van der Waals surface area (Å²) in [6.45, 7) is 0. The average Bonchev–Trinajstić information content (AvgIpc) is 2.59. The molecule has 4 nitrogen and oxygen atoms in total. The van der Waals surface area contributed by atoms with E-state index < -0.39 is 5.97 Å². The average molecular weight is 321 g/mol. The molecular weight excluding hydrogens is 304 g/mol. The maximum absolute atomic E-state index is 12.1. The number of benzene rings is 2. The Balaban J connectivity index is 2.79. The van der Waals surface area contributed by atoms with Crippen molar-refractivity contribution in [3.8, 4) is 22.6 Å². The van der Waals surface area contributed by atoms with Crippen molar-refractivity contribution in [1.82, 2.24) is 0 Å². The van der Waals surface area contributed by atoms with Crippen molar-refractivity contribution in [2.75, 3.05) is 21.3 Å². The quantitative estimate of drug-likeness (QED) is 0.619. The molecule has 0 aliphatic carbocycles. The molecule has 0 aliphatic heterocycles. The fourth-order valence-electron chi connectivity index (χ4n) is 2.35. The van der Waals surface area contributed by atoms with Gasteiger partial charge in [-0.15, -0.1) is 11.6 Å². The van der Waals surface area contributed by atoms with Gasteiger partial charge in [0.15, 0.2) is 11.5 Å². The molecule has 0 bridgehead atoms. The van der Waals surface area contributed by atoms with Crippen molar-refractivity contribution in [1.29, 1.82) is 0 Å². The smallest absolute Gasteiger partial charge is 0.342 e. The minimum absolute atomic E-state index is 0.157. The molecule has 0 heterocycles. The normalized spacial score (nSPS) is 10.2. The number of carbonyl (C=O) groups excluding carboxylic acids is 1. The van der Waals surface area contributed by atoms with E-state index in [1.54, 1.807) is 0 Å². The summed E-state index contributed by atoms with van der Waals surface area (Å²) in [5.74, 6) is 0.449. The van der Waals surface area contributed by atoms with Crippen LogP contribution in [0.3, 0.4) is 0 Å². The molecule has 0 aliphatic rings. The highest BCUT2D eigenvalue weighted by Crippen LogP contribution is 2.43. The van der Waals surface area contributed by atoms with E-state index in [0.29, 0.717) is 17.1 Å². The van der Waals surface area contributed by atoms with Crippen LogP contribution in [-0.2, 0) is 10.6 Å². The number of halogens is 1. The second-order valence-corrected chi connectivity index (χ2v) is 4.78. The van der Waals surface area contributed by atoms with E-state index in [1.165, 1.54) is 21.3 Å². The SMILES string of the molecule is COC(=O)c1c(CCl)cc(-c2ccccc2)c(OC)c1OC. The largest absolute Gasteiger partial charge is 0.492 e. The van der Waals surface area contributed by atoms with Crippen LogP contribution in [0.15, 0.2) is 36.4 Å². The van der Waals surface area contributed by atoms with Gasteiger partial charge in [0.2, 0.25) is 0 Å². The summed E-state index contributed by atoms with van der Waals surface area (Å²) in [5, 5.41) is 0. The molecular formula is C17H17ClO4. The van der Waals surface area contributed by atoms with Gasteiger partial charge in [0, 0.05) is 11.4 Å². The predicted molar refractivity (Wildman–Crippen MR) is 85.9 cm³/mol. The van der Waals surface area contributed by atoms with Gasteiger partial charge < -0.3 is 14.2 Å². The third kappa shape index (κ3) is 2.88. The third-order valence-electron chi connectivity index (χ3n) is 3.34. The first-order valence-electron chi connectivity index (χ1n) is 6.65. The summed E-state index contributed by atoms with van der Waals surface area (Å²) < 4.78 is 15.7. The van der Waals surface area contributed by atoms with Gasteiger partial charge in [-0.05, 0) is 17.2 Å². The van der Waals surface area contributed by atoms with Crippen LogP contribution < -0.4 is 9.47 Å². The molecule has 0 saturated carbocycles. The molecule has 0 unspecified atom stereocenters. The molecule has 5 heteroatoms. The molecule has 0 amide bonds. The first kappa shape index (κ1) is 16.2. The fourth-order valence-corrected chi connectivity index (χ4v) is 2.57. The molecule has 0 radical (unpaired) electrons. The van der Waals surface area contributed by atoms with Crippen molar-refractivity contribution in [3.05, 3.63) is 47.5 Å². The van der Waals surface area contributed by atoms with Gasteiger partial charge in [0.05, 0.1) is 21.3 Å². The molecule has 0 aromatic heterocycles. The maximum Gasteiger partial charge on any atom is 0.342 e. The summed E-state index contributed by atoms with van der Waals surface area (Å²) in [6, 6.07) is 11.5. The van der Waals surface area contributed by atoms with Gasteiger partial charge in [-0.2, -0.15) is 0 Å². The zero-order valence-corrected chi connectivity index (χ0v) is 13.4. The van der Waals surface area contributed by atoms with Gasteiger partial charge in [-0.3, -0.25) is 0 Å². The van der Waals surface area contributed by atoms with Crippen molar-refractivity contribution in [3.63, 3.8) is 0 Å². The second kappa shape index (κ2) is 7.18. The van der Waals surface area contributed by atoms with Crippen molar-refractivity contribution < 1.29 is 19.0 Å². The standard InChI is InChI=1S/C17H17ClO4/c1-20-15-13(11-7-5-4-6-8-11)9-12(10-18)14(16(15)21-2)17(19)22-3/h4-9H,10H2,1-3H3. The van der Waals surface area contributed by atoms with Crippen molar-refractivity contribution >= 4 is 17.6 Å². The molecule has 0 saturated heterocycles. The Labute approximate surface area is 134 Å². The summed E-state index contributed by atoms with van der Waals surface area (Å²) in [4.78, 5) is 12.1. The first-order chi connectivity index (χ1) is 10.7. The van der Waals surface area contributed by atoms with Crippen LogP contribution in [0.25, 0.3) is 11.1 Å². The van der Waals surface area contributed by atoms with Crippen LogP contribution in [0.2, 0.25) is 0 Å². The van der Waals surface area contributed by atoms with E-state index in [4.69, 9.17) is 25.8 Å². The van der Waals surface area contributed by atoms with E-state index in [-0.39, 0.29) is 11.4 Å². The lowest BCUT2D eigenvalue weighted by molar-refractivity contribution is 0.0595. The van der Waals surface area contributed by atoms with Crippen LogP contribution in [0.4, 0.5) is 0 Å². The maximum atomic E-state index is 12.1. The molecule has 0 spiro atoms. The Bertz CT molecular complexity index is 668. The topological polar surface area (TPSA) is 44.8 Å². The number of ether oxygens (including phenoxy) is 3. The fraction of sp³-hybridized carbons (Fsp3) is 0.235. The van der Waals surface area contributed by atoms with Crippen molar-refractivity contribution in [2.45, 2.75) is 5.88 Å². The molecule has 116 valence electrons. The zero-order valence-electron chi connectivity index (χ0n) is 12.7. The van der Waals surface area contributed by atoms with Gasteiger partial charge in [0.25, 0.3) is 0 Å². The summed E-state index contributed by atoms with van der Waals surface area (Å²) in [6.07, 6.45) is 0. The Morgan fingerprint density at radius 3 is 2.18 bits per heavy atom. The highest BCUT2D eigenvalue weighted by Gasteiger charge is 2.25.